The van der Waals surface area contributed by atoms with Crippen LogP contribution in [0.2, 0.25) is 5.15 Å². The number of nitrogens with one attached hydrogen (secondary N) is 1. The molecule has 1 heterocycles. The highest BCUT2D eigenvalue weighted by Crippen LogP contribution is 2.42. The van der Waals surface area contributed by atoms with Crippen LogP contribution in [0.4, 0.5) is 0 Å². The second-order valence-electron chi connectivity index (χ2n) is 6.24. The number of nitriles is 1. The van der Waals surface area contributed by atoms with Crippen LogP contribution in [0.25, 0.3) is 0 Å². The summed E-state index contributed by atoms with van der Waals surface area (Å²) in [5.74, 6) is 0.552. The predicted octanol–water partition coefficient (Wildman–Crippen LogP) is 2.85. The maximum Gasteiger partial charge on any atom is 0.230 e. The van der Waals surface area contributed by atoms with Crippen LogP contribution in [-0.2, 0) is 4.79 Å². The number of halogens is 1. The lowest BCUT2D eigenvalue weighted by molar-refractivity contribution is -0.133. The molecule has 1 N–H and O–H groups in total. The van der Waals surface area contributed by atoms with Crippen LogP contribution in [0.3, 0.4) is 0 Å². The van der Waals surface area contributed by atoms with Gasteiger partial charge in [-0.15, -0.1) is 0 Å². The first-order valence-corrected chi connectivity index (χ1v) is 7.94. The Hall–Kier alpha value is -1.80. The van der Waals surface area contributed by atoms with Crippen molar-refractivity contribution in [3.05, 3.63) is 23.5 Å². The van der Waals surface area contributed by atoms with Crippen LogP contribution in [0.1, 0.15) is 38.5 Å². The van der Waals surface area contributed by atoms with Crippen molar-refractivity contribution in [2.24, 2.45) is 5.41 Å². The number of aromatic nitrogens is 1. The summed E-state index contributed by atoms with van der Waals surface area (Å²) in [7, 11) is 0. The van der Waals surface area contributed by atoms with Crippen molar-refractivity contribution in [3.63, 3.8) is 0 Å². The summed E-state index contributed by atoms with van der Waals surface area (Å²) < 4.78 is 5.77. The molecule has 0 radical (unpaired) electrons. The van der Waals surface area contributed by atoms with Crippen LogP contribution >= 0.6 is 11.6 Å². The van der Waals surface area contributed by atoms with Crippen LogP contribution in [0.15, 0.2) is 18.3 Å². The van der Waals surface area contributed by atoms with Crippen molar-refractivity contribution in [1.29, 1.82) is 5.26 Å². The second kappa shape index (κ2) is 5.77. The summed E-state index contributed by atoms with van der Waals surface area (Å²) in [5, 5.41) is 12.5. The van der Waals surface area contributed by atoms with Gasteiger partial charge in [-0.25, -0.2) is 4.98 Å². The third kappa shape index (κ3) is 3.02. The topological polar surface area (TPSA) is 75.0 Å². The molecular weight excluding hydrogens is 302 g/mol. The van der Waals surface area contributed by atoms with Crippen molar-refractivity contribution in [3.8, 4) is 11.8 Å². The Bertz CT molecular complexity index is 599. The molecule has 2 saturated carbocycles. The Balaban J connectivity index is 1.67. The number of ether oxygens (including phenoxy) is 1. The van der Waals surface area contributed by atoms with Gasteiger partial charge in [0.2, 0.25) is 5.91 Å². The second-order valence-corrected chi connectivity index (χ2v) is 6.63. The molecule has 0 spiro atoms. The molecule has 5 nitrogen and oxygen atoms in total. The number of hydrogen-bond donors (Lipinski definition) is 1. The van der Waals surface area contributed by atoms with Gasteiger partial charge >= 0.3 is 0 Å². The first kappa shape index (κ1) is 15.1. The number of carbonyl (C=O) groups is 1. The zero-order valence-electron chi connectivity index (χ0n) is 12.3. The van der Waals surface area contributed by atoms with Crippen molar-refractivity contribution >= 4 is 17.5 Å². The van der Waals surface area contributed by atoms with E-state index in [-0.39, 0.29) is 5.91 Å². The summed E-state index contributed by atoms with van der Waals surface area (Å²) >= 11 is 5.75. The van der Waals surface area contributed by atoms with Crippen LogP contribution in [0.5, 0.6) is 5.75 Å². The Morgan fingerprint density at radius 1 is 1.36 bits per heavy atom. The van der Waals surface area contributed by atoms with E-state index >= 15 is 0 Å². The molecule has 2 fully saturated rings. The largest absolute Gasteiger partial charge is 0.491 e. The minimum atomic E-state index is -0.630. The first-order chi connectivity index (χ1) is 10.6. The van der Waals surface area contributed by atoms with Gasteiger partial charge < -0.3 is 10.1 Å². The van der Waals surface area contributed by atoms with Gasteiger partial charge in [0.15, 0.2) is 0 Å². The van der Waals surface area contributed by atoms with Gasteiger partial charge in [-0.1, -0.05) is 24.4 Å². The zero-order chi connectivity index (χ0) is 15.6. The zero-order valence-corrected chi connectivity index (χ0v) is 13.0. The van der Waals surface area contributed by atoms with E-state index in [1.54, 1.807) is 18.3 Å². The molecule has 0 aliphatic heterocycles. The molecule has 0 unspecified atom stereocenters. The third-order valence-electron chi connectivity index (χ3n) is 4.57. The fourth-order valence-electron chi connectivity index (χ4n) is 2.90. The minimum absolute atomic E-state index is 0.0500. The monoisotopic (exact) mass is 319 g/mol. The highest BCUT2D eigenvalue weighted by Gasteiger charge is 2.50. The Kier molecular flexibility index (Phi) is 3.96. The first-order valence-electron chi connectivity index (χ1n) is 7.56. The normalized spacial score (nSPS) is 20.9. The van der Waals surface area contributed by atoms with Gasteiger partial charge in [0, 0.05) is 0 Å². The van der Waals surface area contributed by atoms with E-state index in [2.05, 4.69) is 16.4 Å². The van der Waals surface area contributed by atoms with Crippen molar-refractivity contribution in [1.82, 2.24) is 10.3 Å². The quantitative estimate of drug-likeness (QED) is 0.847. The maximum atomic E-state index is 12.7. The molecule has 2 aliphatic carbocycles. The van der Waals surface area contributed by atoms with Crippen LogP contribution in [0, 0.1) is 16.7 Å². The number of pyridine rings is 1. The predicted molar refractivity (Wildman–Crippen MR) is 81.4 cm³/mol. The highest BCUT2D eigenvalue weighted by molar-refractivity contribution is 6.29. The van der Waals surface area contributed by atoms with Crippen LogP contribution < -0.4 is 10.1 Å². The molecule has 0 saturated heterocycles. The fourth-order valence-corrected chi connectivity index (χ4v) is 3.01. The Labute approximate surface area is 134 Å². The van der Waals surface area contributed by atoms with Gasteiger partial charge in [0.25, 0.3) is 0 Å². The Morgan fingerprint density at radius 2 is 2.09 bits per heavy atom. The molecule has 1 aromatic heterocycles. The van der Waals surface area contributed by atoms with E-state index < -0.39 is 11.0 Å². The lowest BCUT2D eigenvalue weighted by Crippen LogP contribution is -2.48. The molecule has 2 aliphatic rings. The lowest BCUT2D eigenvalue weighted by atomic mass is 9.85. The van der Waals surface area contributed by atoms with Gasteiger partial charge in [-0.2, -0.15) is 5.26 Å². The SMILES string of the molecule is N#CC1(NC(=O)C2(COc3ccc(Cl)nc3)CCCC2)CC1. The van der Waals surface area contributed by atoms with E-state index in [4.69, 9.17) is 21.6 Å². The highest BCUT2D eigenvalue weighted by atomic mass is 35.5. The summed E-state index contributed by atoms with van der Waals surface area (Å²) in [6, 6.07) is 5.61. The number of rotatable bonds is 5. The van der Waals surface area contributed by atoms with Crippen molar-refractivity contribution in [2.75, 3.05) is 6.61 Å². The van der Waals surface area contributed by atoms with Gasteiger partial charge in [-0.3, -0.25) is 4.79 Å². The van der Waals surface area contributed by atoms with Gasteiger partial charge in [-0.05, 0) is 37.8 Å². The maximum absolute atomic E-state index is 12.7. The lowest BCUT2D eigenvalue weighted by Gasteiger charge is -2.28. The van der Waals surface area contributed by atoms with E-state index in [1.807, 2.05) is 0 Å². The average molecular weight is 320 g/mol. The molecule has 0 bridgehead atoms. The van der Waals surface area contributed by atoms with E-state index in [0.29, 0.717) is 17.5 Å². The molecule has 1 aromatic rings. The summed E-state index contributed by atoms with van der Waals surface area (Å²) in [4.78, 5) is 16.6. The molecule has 116 valence electrons. The number of hydrogen-bond acceptors (Lipinski definition) is 4. The molecule has 3 rings (SSSR count). The average Bonchev–Trinajstić information content (AvgIpc) is 3.13. The fraction of sp³-hybridized carbons (Fsp3) is 0.562. The number of carbonyl (C=O) groups excluding carboxylic acids is 1. The number of nitrogens with zero attached hydrogens (tertiary/aromatic N) is 2. The summed E-state index contributed by atoms with van der Waals surface area (Å²) in [6.45, 7) is 0.309. The van der Waals surface area contributed by atoms with E-state index in [1.165, 1.54) is 0 Å². The van der Waals surface area contributed by atoms with Gasteiger partial charge in [0.1, 0.15) is 23.0 Å². The molecule has 1 amide bonds. The number of amides is 1. The van der Waals surface area contributed by atoms with E-state index in [9.17, 15) is 4.79 Å². The molecule has 6 heteroatoms. The minimum Gasteiger partial charge on any atom is -0.491 e. The van der Waals surface area contributed by atoms with Crippen LogP contribution in [-0.4, -0.2) is 23.0 Å². The summed E-state index contributed by atoms with van der Waals surface area (Å²) in [5.41, 5.74) is -1.17. The smallest absolute Gasteiger partial charge is 0.230 e. The summed E-state index contributed by atoms with van der Waals surface area (Å²) in [6.07, 6.45) is 6.65. The van der Waals surface area contributed by atoms with Gasteiger partial charge in [0.05, 0.1) is 17.7 Å². The molecule has 0 atom stereocenters. The standard InChI is InChI=1S/C16H18ClN3O2/c17-13-4-3-12(9-19-13)22-11-15(5-1-2-6-15)14(21)20-16(10-18)7-8-16/h3-4,9H,1-2,5-8,11H2,(H,20,21). The van der Waals surface area contributed by atoms with Crippen molar-refractivity contribution in [2.45, 2.75) is 44.1 Å². The van der Waals surface area contributed by atoms with Crippen molar-refractivity contribution < 1.29 is 9.53 Å². The molecule has 22 heavy (non-hydrogen) atoms. The molecule has 0 aromatic carbocycles. The van der Waals surface area contributed by atoms with E-state index in [0.717, 1.165) is 38.5 Å². The Morgan fingerprint density at radius 3 is 2.64 bits per heavy atom. The third-order valence-corrected chi connectivity index (χ3v) is 4.80. The molecular formula is C16H18ClN3O2.